The number of carbonyl (C=O) groups is 2. The van der Waals surface area contributed by atoms with E-state index >= 15 is 0 Å². The van der Waals surface area contributed by atoms with Gasteiger partial charge in [0, 0.05) is 41.3 Å². The Morgan fingerprint density at radius 2 is 1.46 bits per heavy atom. The van der Waals surface area contributed by atoms with Crippen molar-refractivity contribution in [3.8, 4) is 0 Å². The zero-order valence-corrected chi connectivity index (χ0v) is 17.0. The predicted octanol–water partition coefficient (Wildman–Crippen LogP) is 2.16. The standard InChI is InChI=1S/C17H24N4O2.HI/c1-19(2)17(20(3)4)18-11-7-8-12-21-15(22)13-9-5-6-10-14(13)16(21)23;/h5-6,9-10H,7-8,11-12H2,1-4H3;1H. The van der Waals surface area contributed by atoms with Gasteiger partial charge in [0.25, 0.3) is 11.8 Å². The zero-order valence-electron chi connectivity index (χ0n) is 14.7. The van der Waals surface area contributed by atoms with E-state index in [0.717, 1.165) is 18.8 Å². The van der Waals surface area contributed by atoms with E-state index in [1.54, 1.807) is 24.3 Å². The molecule has 0 saturated carbocycles. The van der Waals surface area contributed by atoms with Crippen molar-refractivity contribution in [2.24, 2.45) is 4.99 Å². The van der Waals surface area contributed by atoms with Gasteiger partial charge in [-0.05, 0) is 25.0 Å². The normalized spacial score (nSPS) is 12.6. The molecule has 132 valence electrons. The highest BCUT2D eigenvalue weighted by Crippen LogP contribution is 2.22. The lowest BCUT2D eigenvalue weighted by atomic mass is 10.1. The third-order valence-electron chi connectivity index (χ3n) is 3.72. The van der Waals surface area contributed by atoms with E-state index in [0.29, 0.717) is 24.2 Å². The van der Waals surface area contributed by atoms with E-state index in [1.807, 2.05) is 38.0 Å². The second kappa shape index (κ2) is 9.00. The van der Waals surface area contributed by atoms with Crippen LogP contribution >= 0.6 is 24.0 Å². The van der Waals surface area contributed by atoms with Crippen molar-refractivity contribution in [1.82, 2.24) is 14.7 Å². The molecule has 1 aliphatic rings. The number of benzene rings is 1. The first-order chi connectivity index (χ1) is 10.9. The fourth-order valence-electron chi connectivity index (χ4n) is 2.69. The van der Waals surface area contributed by atoms with Crippen LogP contribution in [0.15, 0.2) is 29.3 Å². The fourth-order valence-corrected chi connectivity index (χ4v) is 2.69. The molecule has 1 aliphatic heterocycles. The van der Waals surface area contributed by atoms with Crippen molar-refractivity contribution in [3.63, 3.8) is 0 Å². The molecule has 0 fully saturated rings. The van der Waals surface area contributed by atoms with Crippen molar-refractivity contribution in [2.45, 2.75) is 12.8 Å². The highest BCUT2D eigenvalue weighted by atomic mass is 127. The maximum absolute atomic E-state index is 12.2. The van der Waals surface area contributed by atoms with Crippen LogP contribution in [-0.2, 0) is 0 Å². The highest BCUT2D eigenvalue weighted by Gasteiger charge is 2.34. The Labute approximate surface area is 160 Å². The van der Waals surface area contributed by atoms with Gasteiger partial charge in [-0.3, -0.25) is 19.5 Å². The van der Waals surface area contributed by atoms with Crippen molar-refractivity contribution in [1.29, 1.82) is 0 Å². The van der Waals surface area contributed by atoms with E-state index in [-0.39, 0.29) is 35.8 Å². The molecule has 24 heavy (non-hydrogen) atoms. The lowest BCUT2D eigenvalue weighted by Crippen LogP contribution is -2.35. The van der Waals surface area contributed by atoms with Crippen LogP contribution in [0, 0.1) is 0 Å². The lowest BCUT2D eigenvalue weighted by Gasteiger charge is -2.22. The fraction of sp³-hybridized carbons (Fsp3) is 0.471. The van der Waals surface area contributed by atoms with Gasteiger partial charge in [0.15, 0.2) is 5.96 Å². The zero-order chi connectivity index (χ0) is 17.0. The molecule has 6 nitrogen and oxygen atoms in total. The third kappa shape index (κ3) is 4.46. The Kier molecular flexibility index (Phi) is 7.65. The minimum Gasteiger partial charge on any atom is -0.349 e. The molecule has 7 heteroatoms. The first-order valence-electron chi connectivity index (χ1n) is 7.77. The van der Waals surface area contributed by atoms with E-state index in [9.17, 15) is 9.59 Å². The molecular weight excluding hydrogens is 419 g/mol. The van der Waals surface area contributed by atoms with Gasteiger partial charge in [0.05, 0.1) is 11.1 Å². The molecule has 1 heterocycles. The van der Waals surface area contributed by atoms with Gasteiger partial charge in [0.2, 0.25) is 0 Å². The monoisotopic (exact) mass is 444 g/mol. The summed E-state index contributed by atoms with van der Waals surface area (Å²) in [6.45, 7) is 1.12. The maximum atomic E-state index is 12.2. The van der Waals surface area contributed by atoms with Crippen LogP contribution in [0.2, 0.25) is 0 Å². The van der Waals surface area contributed by atoms with E-state index in [2.05, 4.69) is 4.99 Å². The van der Waals surface area contributed by atoms with Crippen LogP contribution in [-0.4, -0.2) is 73.8 Å². The summed E-state index contributed by atoms with van der Waals surface area (Å²) in [7, 11) is 7.82. The molecule has 0 radical (unpaired) electrons. The summed E-state index contributed by atoms with van der Waals surface area (Å²) in [5.41, 5.74) is 1.02. The Hall–Kier alpha value is -1.64. The second-order valence-corrected chi connectivity index (χ2v) is 5.99. The molecule has 1 aromatic rings. The molecular formula is C17H25IN4O2. The van der Waals surface area contributed by atoms with Gasteiger partial charge in [0.1, 0.15) is 0 Å². The molecule has 0 spiro atoms. The lowest BCUT2D eigenvalue weighted by molar-refractivity contribution is 0.0652. The van der Waals surface area contributed by atoms with Gasteiger partial charge >= 0.3 is 0 Å². The molecule has 0 aromatic heterocycles. The average Bonchev–Trinajstić information content (AvgIpc) is 2.75. The van der Waals surface area contributed by atoms with E-state index < -0.39 is 0 Å². The number of imide groups is 1. The highest BCUT2D eigenvalue weighted by molar-refractivity contribution is 14.0. The van der Waals surface area contributed by atoms with E-state index in [1.165, 1.54) is 4.90 Å². The summed E-state index contributed by atoms with van der Waals surface area (Å²) in [5.74, 6) is 0.540. The van der Waals surface area contributed by atoms with Crippen LogP contribution in [0.25, 0.3) is 0 Å². The number of hydrogen-bond donors (Lipinski definition) is 0. The number of halogens is 1. The summed E-state index contributed by atoms with van der Waals surface area (Å²) < 4.78 is 0. The van der Waals surface area contributed by atoms with Crippen molar-refractivity contribution in [3.05, 3.63) is 35.4 Å². The van der Waals surface area contributed by atoms with Crippen LogP contribution in [0.1, 0.15) is 33.6 Å². The molecule has 0 unspecified atom stereocenters. The molecule has 0 aliphatic carbocycles. The Morgan fingerprint density at radius 1 is 0.958 bits per heavy atom. The summed E-state index contributed by atoms with van der Waals surface area (Å²) in [6, 6.07) is 6.99. The van der Waals surface area contributed by atoms with E-state index in [4.69, 9.17) is 0 Å². The minimum atomic E-state index is -0.184. The number of aliphatic imine (C=N–C) groups is 1. The summed E-state index contributed by atoms with van der Waals surface area (Å²) in [5, 5.41) is 0. The number of unbranched alkanes of at least 4 members (excludes halogenated alkanes) is 1. The molecule has 0 saturated heterocycles. The summed E-state index contributed by atoms with van der Waals surface area (Å²) in [4.78, 5) is 34.3. The molecule has 0 N–H and O–H groups in total. The number of fused-ring (bicyclic) bond motifs is 1. The van der Waals surface area contributed by atoms with Gasteiger partial charge < -0.3 is 9.80 Å². The van der Waals surface area contributed by atoms with Gasteiger partial charge in [-0.2, -0.15) is 0 Å². The van der Waals surface area contributed by atoms with Crippen molar-refractivity contribution < 1.29 is 9.59 Å². The smallest absolute Gasteiger partial charge is 0.261 e. The number of carbonyl (C=O) groups excluding carboxylic acids is 2. The third-order valence-corrected chi connectivity index (χ3v) is 3.72. The summed E-state index contributed by atoms with van der Waals surface area (Å²) in [6.07, 6.45) is 1.59. The number of guanidine groups is 1. The molecule has 2 rings (SSSR count). The Morgan fingerprint density at radius 3 is 1.92 bits per heavy atom. The topological polar surface area (TPSA) is 56.2 Å². The first kappa shape index (κ1) is 20.4. The Balaban J connectivity index is 0.00000288. The predicted molar refractivity (Wildman–Crippen MR) is 106 cm³/mol. The molecule has 2 amide bonds. The van der Waals surface area contributed by atoms with Gasteiger partial charge in [-0.1, -0.05) is 12.1 Å². The Bertz CT molecular complexity index is 584. The van der Waals surface area contributed by atoms with Crippen LogP contribution in [0.3, 0.4) is 0 Å². The van der Waals surface area contributed by atoms with Crippen molar-refractivity contribution >= 4 is 41.8 Å². The maximum Gasteiger partial charge on any atom is 0.261 e. The quantitative estimate of drug-likeness (QED) is 0.230. The number of nitrogens with zero attached hydrogens (tertiary/aromatic N) is 4. The first-order valence-corrected chi connectivity index (χ1v) is 7.77. The van der Waals surface area contributed by atoms with Gasteiger partial charge in [-0.25, -0.2) is 0 Å². The number of amides is 2. The average molecular weight is 444 g/mol. The SMILES string of the molecule is CN(C)C(=NCCCCN1C(=O)c2ccccc2C1=O)N(C)C.I. The van der Waals surface area contributed by atoms with Crippen molar-refractivity contribution in [2.75, 3.05) is 41.3 Å². The van der Waals surface area contributed by atoms with Crippen LogP contribution in [0.4, 0.5) is 0 Å². The molecule has 0 bridgehead atoms. The second-order valence-electron chi connectivity index (χ2n) is 5.99. The molecule has 0 atom stereocenters. The molecule has 1 aromatic carbocycles. The number of rotatable bonds is 5. The summed E-state index contributed by atoms with van der Waals surface area (Å²) >= 11 is 0. The van der Waals surface area contributed by atoms with Crippen LogP contribution in [0.5, 0.6) is 0 Å². The number of hydrogen-bond acceptors (Lipinski definition) is 3. The minimum absolute atomic E-state index is 0. The largest absolute Gasteiger partial charge is 0.349 e. The van der Waals surface area contributed by atoms with Gasteiger partial charge in [-0.15, -0.1) is 24.0 Å². The van der Waals surface area contributed by atoms with Crippen LogP contribution < -0.4 is 0 Å².